The van der Waals surface area contributed by atoms with E-state index in [0.717, 1.165) is 31.6 Å². The van der Waals surface area contributed by atoms with Crippen molar-refractivity contribution in [2.45, 2.75) is 32.7 Å². The molecule has 2 N–H and O–H groups in total. The lowest BCUT2D eigenvalue weighted by molar-refractivity contribution is 0.345. The molecule has 0 bridgehead atoms. The Morgan fingerprint density at radius 1 is 1.56 bits per heavy atom. The van der Waals surface area contributed by atoms with Crippen LogP contribution in [-0.4, -0.2) is 29.1 Å². The third-order valence-corrected chi connectivity index (χ3v) is 3.56. The van der Waals surface area contributed by atoms with Crippen LogP contribution < -0.4 is 10.6 Å². The first-order valence-electron chi connectivity index (χ1n) is 6.40. The van der Waals surface area contributed by atoms with Gasteiger partial charge in [-0.1, -0.05) is 13.3 Å². The lowest BCUT2D eigenvalue weighted by Gasteiger charge is -2.36. The molecule has 5 nitrogen and oxygen atoms in total. The summed E-state index contributed by atoms with van der Waals surface area (Å²) in [5.41, 5.74) is 7.36. The van der Waals surface area contributed by atoms with Crippen molar-refractivity contribution < 1.29 is 0 Å². The van der Waals surface area contributed by atoms with Crippen LogP contribution in [0, 0.1) is 24.2 Å². The van der Waals surface area contributed by atoms with Gasteiger partial charge in [0.05, 0.1) is 0 Å². The maximum atomic E-state index is 8.95. The van der Waals surface area contributed by atoms with Gasteiger partial charge >= 0.3 is 0 Å². The second kappa shape index (κ2) is 5.32. The largest absolute Gasteiger partial charge is 0.340 e. The minimum atomic E-state index is 0.270. The first-order valence-corrected chi connectivity index (χ1v) is 6.40. The van der Waals surface area contributed by atoms with Crippen LogP contribution in [0.3, 0.4) is 0 Å². The monoisotopic (exact) mass is 245 g/mol. The predicted molar refractivity (Wildman–Crippen MR) is 70.1 cm³/mol. The lowest BCUT2D eigenvalue weighted by atomic mass is 9.91. The number of nitriles is 1. The fourth-order valence-electron chi connectivity index (χ4n) is 2.42. The maximum Gasteiger partial charge on any atom is 0.226 e. The van der Waals surface area contributed by atoms with Crippen molar-refractivity contribution in [3.63, 3.8) is 0 Å². The third kappa shape index (κ3) is 2.59. The molecular formula is C13H19N5. The Morgan fingerprint density at radius 3 is 3.00 bits per heavy atom. The van der Waals surface area contributed by atoms with E-state index in [1.54, 1.807) is 6.07 Å². The highest BCUT2D eigenvalue weighted by Gasteiger charge is 2.26. The van der Waals surface area contributed by atoms with Crippen molar-refractivity contribution >= 4 is 5.95 Å². The Hall–Kier alpha value is -1.67. The van der Waals surface area contributed by atoms with Gasteiger partial charge in [-0.15, -0.1) is 0 Å². The molecule has 1 aromatic rings. The van der Waals surface area contributed by atoms with Crippen molar-refractivity contribution in [1.82, 2.24) is 9.97 Å². The molecule has 1 saturated heterocycles. The van der Waals surface area contributed by atoms with Gasteiger partial charge in [-0.2, -0.15) is 5.26 Å². The minimum absolute atomic E-state index is 0.270. The molecule has 1 aliphatic rings. The molecule has 2 unspecified atom stereocenters. The Kier molecular flexibility index (Phi) is 3.78. The average molecular weight is 245 g/mol. The Morgan fingerprint density at radius 2 is 2.33 bits per heavy atom. The molecule has 1 aliphatic heterocycles. The summed E-state index contributed by atoms with van der Waals surface area (Å²) in [6.07, 6.45) is 2.02. The van der Waals surface area contributed by atoms with Crippen molar-refractivity contribution in [3.8, 4) is 6.07 Å². The molecule has 2 rings (SSSR count). The molecule has 96 valence electrons. The van der Waals surface area contributed by atoms with Crippen LogP contribution in [0.5, 0.6) is 0 Å². The molecule has 0 aliphatic carbocycles. The molecule has 5 heteroatoms. The predicted octanol–water partition coefficient (Wildman–Crippen LogP) is 1.22. The van der Waals surface area contributed by atoms with E-state index >= 15 is 0 Å². The van der Waals surface area contributed by atoms with Crippen molar-refractivity contribution in [2.75, 3.05) is 18.0 Å². The zero-order valence-electron chi connectivity index (χ0n) is 10.9. The van der Waals surface area contributed by atoms with Crippen molar-refractivity contribution in [2.24, 2.45) is 11.7 Å². The molecule has 18 heavy (non-hydrogen) atoms. The Balaban J connectivity index is 2.22. The van der Waals surface area contributed by atoms with Gasteiger partial charge < -0.3 is 10.6 Å². The smallest absolute Gasteiger partial charge is 0.226 e. The maximum absolute atomic E-state index is 8.95. The molecule has 1 aromatic heterocycles. The molecule has 0 radical (unpaired) electrons. The summed E-state index contributed by atoms with van der Waals surface area (Å²) in [7, 11) is 0. The molecule has 0 spiro atoms. The topological polar surface area (TPSA) is 78.8 Å². The van der Waals surface area contributed by atoms with Gasteiger partial charge in [0, 0.05) is 24.8 Å². The summed E-state index contributed by atoms with van der Waals surface area (Å²) in [5.74, 6) is 1.14. The van der Waals surface area contributed by atoms with Crippen LogP contribution in [0.25, 0.3) is 0 Å². The van der Waals surface area contributed by atoms with E-state index in [-0.39, 0.29) is 6.04 Å². The summed E-state index contributed by atoms with van der Waals surface area (Å²) in [5, 5.41) is 8.95. The molecule has 0 amide bonds. The number of rotatable bonds is 2. The van der Waals surface area contributed by atoms with Gasteiger partial charge in [0.1, 0.15) is 11.8 Å². The van der Waals surface area contributed by atoms with Gasteiger partial charge in [0.15, 0.2) is 0 Å². The molecular weight excluding hydrogens is 226 g/mol. The van der Waals surface area contributed by atoms with Crippen LogP contribution >= 0.6 is 0 Å². The number of piperidine rings is 1. The first-order chi connectivity index (χ1) is 8.63. The number of aryl methyl sites for hydroxylation is 1. The first kappa shape index (κ1) is 12.8. The van der Waals surface area contributed by atoms with E-state index in [4.69, 9.17) is 11.0 Å². The zero-order chi connectivity index (χ0) is 13.1. The number of hydrogen-bond donors (Lipinski definition) is 1. The van der Waals surface area contributed by atoms with Crippen LogP contribution in [0.1, 0.15) is 31.2 Å². The normalized spacial score (nSPS) is 23.8. The fourth-order valence-corrected chi connectivity index (χ4v) is 2.42. The van der Waals surface area contributed by atoms with Crippen molar-refractivity contribution in [1.29, 1.82) is 5.26 Å². The number of nitrogens with zero attached hydrogens (tertiary/aromatic N) is 4. The second-order valence-corrected chi connectivity index (χ2v) is 4.87. The van der Waals surface area contributed by atoms with Gasteiger partial charge in [-0.25, -0.2) is 9.97 Å². The molecule has 0 aromatic carbocycles. The third-order valence-electron chi connectivity index (χ3n) is 3.56. The number of nitrogens with two attached hydrogens (primary N) is 1. The van der Waals surface area contributed by atoms with Gasteiger partial charge in [0.2, 0.25) is 5.95 Å². The minimum Gasteiger partial charge on any atom is -0.340 e. The highest BCUT2D eigenvalue weighted by molar-refractivity contribution is 5.36. The van der Waals surface area contributed by atoms with E-state index < -0.39 is 0 Å². The van der Waals surface area contributed by atoms with E-state index in [9.17, 15) is 0 Å². The zero-order valence-corrected chi connectivity index (χ0v) is 10.9. The molecule has 2 atom stereocenters. The fraction of sp³-hybridized carbons (Fsp3) is 0.615. The number of aromatic nitrogens is 2. The molecule has 0 saturated carbocycles. The Labute approximate surface area is 108 Å². The van der Waals surface area contributed by atoms with Crippen LogP contribution in [0.4, 0.5) is 5.95 Å². The lowest BCUT2D eigenvalue weighted by Crippen LogP contribution is -2.47. The van der Waals surface area contributed by atoms with Crippen LogP contribution in [0.2, 0.25) is 0 Å². The van der Waals surface area contributed by atoms with Gasteiger partial charge in [-0.05, 0) is 25.3 Å². The Bertz CT molecular complexity index is 465. The van der Waals surface area contributed by atoms with E-state index in [0.29, 0.717) is 17.6 Å². The SMILES string of the molecule is CCC1CN(c2nc(C)cc(C#N)n2)CCC1N. The van der Waals surface area contributed by atoms with Crippen molar-refractivity contribution in [3.05, 3.63) is 17.5 Å². The highest BCUT2D eigenvalue weighted by Crippen LogP contribution is 2.22. The second-order valence-electron chi connectivity index (χ2n) is 4.87. The summed E-state index contributed by atoms with van der Waals surface area (Å²) in [6.45, 7) is 5.79. The van der Waals surface area contributed by atoms with E-state index in [1.165, 1.54) is 0 Å². The summed E-state index contributed by atoms with van der Waals surface area (Å²) < 4.78 is 0. The average Bonchev–Trinajstić information content (AvgIpc) is 2.38. The number of anilines is 1. The van der Waals surface area contributed by atoms with Gasteiger partial charge in [-0.3, -0.25) is 0 Å². The summed E-state index contributed by atoms with van der Waals surface area (Å²) >= 11 is 0. The molecule has 1 fully saturated rings. The molecule has 2 heterocycles. The highest BCUT2D eigenvalue weighted by atomic mass is 15.3. The summed E-state index contributed by atoms with van der Waals surface area (Å²) in [6, 6.07) is 4.05. The summed E-state index contributed by atoms with van der Waals surface area (Å²) in [4.78, 5) is 10.8. The standard InChI is InChI=1S/C13H19N5/c1-3-10-8-18(5-4-12(10)15)13-16-9(2)6-11(7-14)17-13/h6,10,12H,3-5,8,15H2,1-2H3. The van der Waals surface area contributed by atoms with E-state index in [1.807, 2.05) is 6.92 Å². The van der Waals surface area contributed by atoms with Gasteiger partial charge in [0.25, 0.3) is 0 Å². The quantitative estimate of drug-likeness (QED) is 0.847. The van der Waals surface area contributed by atoms with Crippen LogP contribution in [0.15, 0.2) is 6.07 Å². The van der Waals surface area contributed by atoms with Crippen LogP contribution in [-0.2, 0) is 0 Å². The number of hydrogen-bond acceptors (Lipinski definition) is 5. The van der Waals surface area contributed by atoms with E-state index in [2.05, 4.69) is 27.9 Å².